The number of aryl methyl sites for hydroxylation is 1. The average molecular weight is 276 g/mol. The first-order valence-corrected chi connectivity index (χ1v) is 6.57. The summed E-state index contributed by atoms with van der Waals surface area (Å²) in [7, 11) is 5.72. The van der Waals surface area contributed by atoms with Gasteiger partial charge >= 0.3 is 5.97 Å². The van der Waals surface area contributed by atoms with Gasteiger partial charge in [0.05, 0.1) is 12.2 Å². The largest absolute Gasteiger partial charge is 0.508 e. The first-order chi connectivity index (χ1) is 9.45. The summed E-state index contributed by atoms with van der Waals surface area (Å²) in [5, 5.41) is 10.9. The van der Waals surface area contributed by atoms with Crippen molar-refractivity contribution in [2.75, 3.05) is 20.7 Å². The number of aromatic nitrogens is 1. The number of ether oxygens (including phenoxy) is 1. The first kappa shape index (κ1) is 14.4. The fourth-order valence-corrected chi connectivity index (χ4v) is 2.39. The molecule has 20 heavy (non-hydrogen) atoms. The van der Waals surface area contributed by atoms with Crippen LogP contribution in [0.1, 0.15) is 22.8 Å². The number of hydrogen-bond donors (Lipinski definition) is 1. The summed E-state index contributed by atoms with van der Waals surface area (Å²) in [6.07, 6.45) is 1.75. The second-order valence-electron chi connectivity index (χ2n) is 5.07. The fourth-order valence-electron chi connectivity index (χ4n) is 2.39. The van der Waals surface area contributed by atoms with Crippen molar-refractivity contribution in [1.29, 1.82) is 0 Å². The molecule has 1 heterocycles. The third-order valence-electron chi connectivity index (χ3n) is 3.21. The van der Waals surface area contributed by atoms with Gasteiger partial charge < -0.3 is 19.3 Å². The molecule has 0 spiro atoms. The lowest BCUT2D eigenvalue weighted by Crippen LogP contribution is -2.12. The number of hydrogen-bond acceptors (Lipinski definition) is 4. The van der Waals surface area contributed by atoms with Gasteiger partial charge in [0.2, 0.25) is 0 Å². The smallest absolute Gasteiger partial charge is 0.340 e. The number of esters is 1. The lowest BCUT2D eigenvalue weighted by Gasteiger charge is -2.13. The predicted molar refractivity (Wildman–Crippen MR) is 77.9 cm³/mol. The number of phenolic OH excluding ortho intramolecular Hbond substituents is 1. The van der Waals surface area contributed by atoms with Crippen LogP contribution in [0.2, 0.25) is 0 Å². The lowest BCUT2D eigenvalue weighted by molar-refractivity contribution is 0.0528. The molecule has 0 aliphatic carbocycles. The average Bonchev–Trinajstić information content (AvgIpc) is 2.70. The first-order valence-electron chi connectivity index (χ1n) is 6.57. The zero-order chi connectivity index (χ0) is 14.9. The van der Waals surface area contributed by atoms with E-state index in [9.17, 15) is 9.90 Å². The lowest BCUT2D eigenvalue weighted by atomic mass is 10.0. The van der Waals surface area contributed by atoms with Crippen molar-refractivity contribution in [1.82, 2.24) is 9.47 Å². The molecular formula is C15H20N2O3. The van der Waals surface area contributed by atoms with Gasteiger partial charge in [-0.05, 0) is 33.2 Å². The monoisotopic (exact) mass is 276 g/mol. The van der Waals surface area contributed by atoms with Crippen LogP contribution in [0.25, 0.3) is 10.9 Å². The molecule has 5 heteroatoms. The highest BCUT2D eigenvalue weighted by Gasteiger charge is 2.20. The second-order valence-corrected chi connectivity index (χ2v) is 5.07. The van der Waals surface area contributed by atoms with Gasteiger partial charge in [0.15, 0.2) is 0 Å². The molecule has 0 bridgehead atoms. The van der Waals surface area contributed by atoms with E-state index in [4.69, 9.17) is 4.74 Å². The summed E-state index contributed by atoms with van der Waals surface area (Å²) >= 11 is 0. The van der Waals surface area contributed by atoms with Crippen LogP contribution in [0.4, 0.5) is 0 Å². The van der Waals surface area contributed by atoms with Gasteiger partial charge in [-0.1, -0.05) is 0 Å². The summed E-state index contributed by atoms with van der Waals surface area (Å²) in [5.41, 5.74) is 2.15. The van der Waals surface area contributed by atoms with Crippen molar-refractivity contribution in [3.05, 3.63) is 29.5 Å². The summed E-state index contributed by atoms with van der Waals surface area (Å²) < 4.78 is 6.98. The maximum atomic E-state index is 12.1. The fraction of sp³-hybridized carbons (Fsp3) is 0.400. The number of carbonyl (C=O) groups excluding carboxylic acids is 1. The van der Waals surface area contributed by atoms with Crippen LogP contribution in [0.5, 0.6) is 5.75 Å². The maximum Gasteiger partial charge on any atom is 0.340 e. The summed E-state index contributed by atoms with van der Waals surface area (Å²) in [5.74, 6) is -0.161. The Morgan fingerprint density at radius 2 is 2.10 bits per heavy atom. The van der Waals surface area contributed by atoms with Crippen molar-refractivity contribution >= 4 is 16.9 Å². The molecule has 0 saturated carbocycles. The molecule has 0 amide bonds. The highest BCUT2D eigenvalue weighted by Crippen LogP contribution is 2.32. The Labute approximate surface area is 118 Å². The minimum atomic E-state index is -0.358. The van der Waals surface area contributed by atoms with Crippen LogP contribution in [0.3, 0.4) is 0 Å². The molecule has 0 aliphatic rings. The van der Waals surface area contributed by atoms with Crippen molar-refractivity contribution in [2.45, 2.75) is 13.5 Å². The molecule has 0 atom stereocenters. The van der Waals surface area contributed by atoms with Gasteiger partial charge in [0.1, 0.15) is 5.75 Å². The highest BCUT2D eigenvalue weighted by molar-refractivity contribution is 6.06. The zero-order valence-electron chi connectivity index (χ0n) is 12.3. The molecule has 1 aromatic heterocycles. The van der Waals surface area contributed by atoms with Crippen molar-refractivity contribution < 1.29 is 14.6 Å². The quantitative estimate of drug-likeness (QED) is 0.869. The van der Waals surface area contributed by atoms with Crippen LogP contribution < -0.4 is 0 Å². The van der Waals surface area contributed by atoms with Gasteiger partial charge in [-0.3, -0.25) is 0 Å². The van der Waals surface area contributed by atoms with E-state index in [1.165, 1.54) is 0 Å². The van der Waals surface area contributed by atoms with Crippen LogP contribution in [-0.2, 0) is 18.3 Å². The van der Waals surface area contributed by atoms with Crippen LogP contribution in [0, 0.1) is 0 Å². The van der Waals surface area contributed by atoms with E-state index < -0.39 is 0 Å². The third kappa shape index (κ3) is 2.49. The molecule has 0 radical (unpaired) electrons. The summed E-state index contributed by atoms with van der Waals surface area (Å²) in [6, 6.07) is 3.47. The highest BCUT2D eigenvalue weighted by atomic mass is 16.5. The van der Waals surface area contributed by atoms with Gasteiger partial charge in [0, 0.05) is 36.3 Å². The summed E-state index contributed by atoms with van der Waals surface area (Å²) in [6.45, 7) is 2.66. The SMILES string of the molecule is CCOC(=O)c1cn(C)c2ccc(O)c(CN(C)C)c12. The Morgan fingerprint density at radius 1 is 1.40 bits per heavy atom. The van der Waals surface area contributed by atoms with Crippen molar-refractivity contribution in [3.63, 3.8) is 0 Å². The molecule has 2 aromatic rings. The normalized spacial score (nSPS) is 11.2. The Bertz CT molecular complexity index is 644. The predicted octanol–water partition coefficient (Wildman–Crippen LogP) is 2.12. The third-order valence-corrected chi connectivity index (χ3v) is 3.21. The number of rotatable bonds is 4. The molecule has 0 saturated heterocycles. The van der Waals surface area contributed by atoms with Gasteiger partial charge in [-0.25, -0.2) is 4.79 Å². The summed E-state index contributed by atoms with van der Waals surface area (Å²) in [4.78, 5) is 14.0. The van der Waals surface area contributed by atoms with E-state index >= 15 is 0 Å². The number of aromatic hydroxyl groups is 1. The minimum absolute atomic E-state index is 0.197. The Hall–Kier alpha value is -2.01. The van der Waals surface area contributed by atoms with E-state index in [0.29, 0.717) is 18.7 Å². The minimum Gasteiger partial charge on any atom is -0.508 e. The number of fused-ring (bicyclic) bond motifs is 1. The number of benzene rings is 1. The van der Waals surface area contributed by atoms with Crippen molar-refractivity contribution in [3.8, 4) is 5.75 Å². The van der Waals surface area contributed by atoms with E-state index in [2.05, 4.69) is 0 Å². The van der Waals surface area contributed by atoms with E-state index in [-0.39, 0.29) is 11.7 Å². The zero-order valence-corrected chi connectivity index (χ0v) is 12.3. The topological polar surface area (TPSA) is 54.7 Å². The molecule has 1 aromatic carbocycles. The van der Waals surface area contributed by atoms with Crippen LogP contribution in [-0.4, -0.2) is 41.2 Å². The Kier molecular flexibility index (Phi) is 3.99. The number of nitrogens with zero attached hydrogens (tertiary/aromatic N) is 2. The standard InChI is InChI=1S/C15H20N2O3/c1-5-20-15(19)11-9-17(4)12-6-7-13(18)10(14(11)12)8-16(2)3/h6-7,9,18H,5,8H2,1-4H3. The second kappa shape index (κ2) is 5.54. The molecular weight excluding hydrogens is 256 g/mol. The van der Waals surface area contributed by atoms with Gasteiger partial charge in [-0.15, -0.1) is 0 Å². The van der Waals surface area contributed by atoms with E-state index in [1.54, 1.807) is 19.2 Å². The molecule has 0 unspecified atom stereocenters. The molecule has 5 nitrogen and oxygen atoms in total. The molecule has 0 aliphatic heterocycles. The molecule has 2 rings (SSSR count). The number of phenols is 1. The Morgan fingerprint density at radius 3 is 2.70 bits per heavy atom. The van der Waals surface area contributed by atoms with Crippen LogP contribution in [0.15, 0.2) is 18.3 Å². The van der Waals surface area contributed by atoms with Gasteiger partial charge in [-0.2, -0.15) is 0 Å². The van der Waals surface area contributed by atoms with Crippen LogP contribution >= 0.6 is 0 Å². The number of carbonyl (C=O) groups is 1. The maximum absolute atomic E-state index is 12.1. The molecule has 108 valence electrons. The van der Waals surface area contributed by atoms with E-state index in [1.807, 2.05) is 36.7 Å². The molecule has 1 N–H and O–H groups in total. The van der Waals surface area contributed by atoms with Crippen molar-refractivity contribution in [2.24, 2.45) is 7.05 Å². The molecule has 0 fully saturated rings. The Balaban J connectivity index is 2.69. The van der Waals surface area contributed by atoms with E-state index in [0.717, 1.165) is 16.5 Å². The van der Waals surface area contributed by atoms with Gasteiger partial charge in [0.25, 0.3) is 0 Å².